The number of nitrogens with zero attached hydrogens (tertiary/aromatic N) is 1. The van der Waals surface area contributed by atoms with Crippen LogP contribution in [0.3, 0.4) is 0 Å². The number of amides is 1. The number of hydrogen-bond donors (Lipinski definition) is 3. The van der Waals surface area contributed by atoms with Crippen LogP contribution < -0.4 is 15.8 Å². The number of nitrogens with one attached hydrogen (secondary N) is 1. The maximum absolute atomic E-state index is 11.9. The minimum absolute atomic E-state index is 0.0454. The third-order valence-corrected chi connectivity index (χ3v) is 2.64. The quantitative estimate of drug-likeness (QED) is 0.340. The van der Waals surface area contributed by atoms with E-state index in [1.165, 1.54) is 19.6 Å². The molecule has 7 nitrogen and oxygen atoms in total. The zero-order valence-electron chi connectivity index (χ0n) is 10.7. The first kappa shape index (κ1) is 13.5. The van der Waals surface area contributed by atoms with E-state index in [0.717, 1.165) is 0 Å². The van der Waals surface area contributed by atoms with Crippen LogP contribution in [0.4, 0.5) is 5.69 Å². The maximum atomic E-state index is 11.9. The Hall–Kier alpha value is -2.96. The zero-order valence-corrected chi connectivity index (χ0v) is 10.7. The summed E-state index contributed by atoms with van der Waals surface area (Å²) in [5, 5.41) is 14.2. The van der Waals surface area contributed by atoms with Gasteiger partial charge in [0, 0.05) is 5.56 Å². The predicted molar refractivity (Wildman–Crippen MR) is 72.2 cm³/mol. The number of methoxy groups -OCH3 is 1. The fourth-order valence-corrected chi connectivity index (χ4v) is 1.60. The second-order valence-corrected chi connectivity index (χ2v) is 3.87. The molecule has 2 rings (SSSR count). The summed E-state index contributed by atoms with van der Waals surface area (Å²) in [6, 6.07) is 6.30. The molecule has 1 amide bonds. The third kappa shape index (κ3) is 2.72. The van der Waals surface area contributed by atoms with Crippen LogP contribution in [0, 0.1) is 0 Å². The van der Waals surface area contributed by atoms with Crippen molar-refractivity contribution in [2.24, 2.45) is 10.9 Å². The van der Waals surface area contributed by atoms with Crippen molar-refractivity contribution >= 4 is 17.4 Å². The van der Waals surface area contributed by atoms with Crippen LogP contribution in [-0.2, 0) is 0 Å². The Morgan fingerprint density at radius 2 is 2.20 bits per heavy atom. The summed E-state index contributed by atoms with van der Waals surface area (Å²) >= 11 is 0. The van der Waals surface area contributed by atoms with Crippen LogP contribution in [0.1, 0.15) is 15.9 Å². The predicted octanol–water partition coefficient (Wildman–Crippen LogP) is 1.63. The second kappa shape index (κ2) is 5.79. The van der Waals surface area contributed by atoms with Crippen LogP contribution in [0.5, 0.6) is 5.75 Å². The second-order valence-electron chi connectivity index (χ2n) is 3.87. The van der Waals surface area contributed by atoms with Gasteiger partial charge in [-0.15, -0.1) is 0 Å². The molecule has 1 heterocycles. The Labute approximate surface area is 114 Å². The average molecular weight is 275 g/mol. The first-order chi connectivity index (χ1) is 9.65. The van der Waals surface area contributed by atoms with E-state index in [-0.39, 0.29) is 11.7 Å². The molecule has 0 fully saturated rings. The van der Waals surface area contributed by atoms with E-state index >= 15 is 0 Å². The van der Waals surface area contributed by atoms with E-state index in [4.69, 9.17) is 20.1 Å². The first-order valence-corrected chi connectivity index (χ1v) is 5.65. The molecule has 0 aliphatic carbocycles. The molecule has 104 valence electrons. The van der Waals surface area contributed by atoms with Gasteiger partial charge in [-0.2, -0.15) is 0 Å². The Bertz CT molecular complexity index is 635. The number of carbonyl (C=O) groups excluding carboxylic acids is 1. The molecule has 0 radical (unpaired) electrons. The molecule has 0 aliphatic rings. The standard InChI is InChI=1S/C13H13N3O4/c1-19-11-6-8(12(14)16-18)2-3-10(11)15-13(17)9-4-5-20-7-9/h2-7,18H,1H3,(H2,14,16)(H,15,17). The zero-order chi connectivity index (χ0) is 14.5. The summed E-state index contributed by atoms with van der Waals surface area (Å²) in [5.74, 6) is 0.0237. The summed E-state index contributed by atoms with van der Waals surface area (Å²) in [7, 11) is 1.46. The Kier molecular flexibility index (Phi) is 3.90. The monoisotopic (exact) mass is 275 g/mol. The van der Waals surface area contributed by atoms with Gasteiger partial charge in [-0.25, -0.2) is 0 Å². The lowest BCUT2D eigenvalue weighted by atomic mass is 10.1. The van der Waals surface area contributed by atoms with Gasteiger partial charge in [0.15, 0.2) is 5.84 Å². The van der Waals surface area contributed by atoms with Gasteiger partial charge in [-0.05, 0) is 24.3 Å². The van der Waals surface area contributed by atoms with Crippen LogP contribution in [0.15, 0.2) is 46.4 Å². The molecule has 0 spiro atoms. The Balaban J connectivity index is 2.26. The van der Waals surface area contributed by atoms with Crippen molar-refractivity contribution in [1.29, 1.82) is 0 Å². The number of furan rings is 1. The number of benzene rings is 1. The van der Waals surface area contributed by atoms with Gasteiger partial charge in [-0.3, -0.25) is 4.79 Å². The highest BCUT2D eigenvalue weighted by molar-refractivity contribution is 6.05. The molecule has 0 unspecified atom stereocenters. The van der Waals surface area contributed by atoms with Crippen molar-refractivity contribution in [3.05, 3.63) is 47.9 Å². The lowest BCUT2D eigenvalue weighted by molar-refractivity contribution is 0.102. The van der Waals surface area contributed by atoms with E-state index in [9.17, 15) is 4.79 Å². The molecule has 0 bridgehead atoms. The van der Waals surface area contributed by atoms with Crippen molar-refractivity contribution < 1.29 is 19.2 Å². The number of oxime groups is 1. The molecule has 4 N–H and O–H groups in total. The minimum atomic E-state index is -0.325. The summed E-state index contributed by atoms with van der Waals surface area (Å²) in [6.07, 6.45) is 2.75. The largest absolute Gasteiger partial charge is 0.495 e. The molecule has 1 aromatic carbocycles. The number of ether oxygens (including phenoxy) is 1. The Morgan fingerprint density at radius 3 is 2.80 bits per heavy atom. The number of carbonyl (C=O) groups is 1. The van der Waals surface area contributed by atoms with Crippen molar-refractivity contribution in [1.82, 2.24) is 0 Å². The fraction of sp³-hybridized carbons (Fsp3) is 0.0769. The molecule has 0 saturated carbocycles. The van der Waals surface area contributed by atoms with E-state index in [1.807, 2.05) is 0 Å². The molecule has 0 saturated heterocycles. The van der Waals surface area contributed by atoms with Gasteiger partial charge in [0.2, 0.25) is 0 Å². The van der Waals surface area contributed by atoms with Crippen LogP contribution in [0.25, 0.3) is 0 Å². The SMILES string of the molecule is COc1cc(/C(N)=N/O)ccc1NC(=O)c1ccoc1. The topological polar surface area (TPSA) is 110 Å². The number of anilines is 1. The van der Waals surface area contributed by atoms with Gasteiger partial charge in [0.05, 0.1) is 24.6 Å². The summed E-state index contributed by atoms with van der Waals surface area (Å²) in [5.41, 5.74) is 6.83. The van der Waals surface area contributed by atoms with Crippen molar-refractivity contribution in [2.45, 2.75) is 0 Å². The number of hydrogen-bond acceptors (Lipinski definition) is 5. The van der Waals surface area contributed by atoms with E-state index in [0.29, 0.717) is 22.6 Å². The normalized spacial score (nSPS) is 11.2. The molecular weight excluding hydrogens is 262 g/mol. The molecule has 0 atom stereocenters. The lowest BCUT2D eigenvalue weighted by Crippen LogP contribution is -2.15. The van der Waals surface area contributed by atoms with Gasteiger partial charge < -0.3 is 25.4 Å². The number of amidine groups is 1. The highest BCUT2D eigenvalue weighted by Gasteiger charge is 2.12. The lowest BCUT2D eigenvalue weighted by Gasteiger charge is -2.11. The van der Waals surface area contributed by atoms with Gasteiger partial charge in [0.25, 0.3) is 5.91 Å². The van der Waals surface area contributed by atoms with Crippen molar-refractivity contribution in [3.63, 3.8) is 0 Å². The van der Waals surface area contributed by atoms with E-state index in [1.54, 1.807) is 24.3 Å². The fourth-order valence-electron chi connectivity index (χ4n) is 1.60. The Morgan fingerprint density at radius 1 is 1.40 bits per heavy atom. The van der Waals surface area contributed by atoms with Crippen molar-refractivity contribution in [3.8, 4) is 5.75 Å². The molecule has 7 heteroatoms. The molecule has 0 aliphatic heterocycles. The van der Waals surface area contributed by atoms with Gasteiger partial charge >= 0.3 is 0 Å². The molecule has 2 aromatic rings. The average Bonchev–Trinajstić information content (AvgIpc) is 3.01. The molecular formula is C13H13N3O4. The van der Waals surface area contributed by atoms with E-state index in [2.05, 4.69) is 10.5 Å². The van der Waals surface area contributed by atoms with Crippen molar-refractivity contribution in [2.75, 3.05) is 12.4 Å². The minimum Gasteiger partial charge on any atom is -0.495 e. The maximum Gasteiger partial charge on any atom is 0.259 e. The van der Waals surface area contributed by atoms with Gasteiger partial charge in [0.1, 0.15) is 12.0 Å². The summed E-state index contributed by atoms with van der Waals surface area (Å²) in [4.78, 5) is 11.9. The van der Waals surface area contributed by atoms with E-state index < -0.39 is 0 Å². The summed E-state index contributed by atoms with van der Waals surface area (Å²) < 4.78 is 10.0. The molecule has 1 aromatic heterocycles. The van der Waals surface area contributed by atoms with Crippen LogP contribution >= 0.6 is 0 Å². The smallest absolute Gasteiger partial charge is 0.259 e. The number of nitrogens with two attached hydrogens (primary N) is 1. The molecule has 20 heavy (non-hydrogen) atoms. The van der Waals surface area contributed by atoms with Crippen LogP contribution in [-0.4, -0.2) is 24.1 Å². The highest BCUT2D eigenvalue weighted by atomic mass is 16.5. The van der Waals surface area contributed by atoms with Gasteiger partial charge in [-0.1, -0.05) is 5.16 Å². The number of rotatable bonds is 4. The van der Waals surface area contributed by atoms with Crippen LogP contribution in [0.2, 0.25) is 0 Å². The highest BCUT2D eigenvalue weighted by Crippen LogP contribution is 2.26. The summed E-state index contributed by atoms with van der Waals surface area (Å²) in [6.45, 7) is 0. The third-order valence-electron chi connectivity index (χ3n) is 2.64. The first-order valence-electron chi connectivity index (χ1n) is 5.65.